The largest absolute Gasteiger partial charge is 0.360 e. The minimum atomic E-state index is -3.79. The minimum absolute atomic E-state index is 0.0516. The van der Waals surface area contributed by atoms with Gasteiger partial charge in [-0.2, -0.15) is 4.31 Å². The average molecular weight is 398 g/mol. The molecule has 2 rings (SSSR count). The van der Waals surface area contributed by atoms with Gasteiger partial charge in [0.05, 0.1) is 16.4 Å². The van der Waals surface area contributed by atoms with Gasteiger partial charge in [0.1, 0.15) is 5.69 Å². The van der Waals surface area contributed by atoms with Crippen molar-refractivity contribution in [1.82, 2.24) is 9.21 Å². The zero-order valence-electron chi connectivity index (χ0n) is 16.1. The molecule has 1 aromatic carbocycles. The van der Waals surface area contributed by atoms with Gasteiger partial charge >= 0.3 is 0 Å². The van der Waals surface area contributed by atoms with Crippen molar-refractivity contribution in [3.8, 4) is 0 Å². The van der Waals surface area contributed by atoms with Crippen molar-refractivity contribution in [3.63, 3.8) is 0 Å². The fourth-order valence-electron chi connectivity index (χ4n) is 2.94. The predicted molar refractivity (Wildman–Crippen MR) is 102 cm³/mol. The summed E-state index contributed by atoms with van der Waals surface area (Å²) in [6, 6.07) is 3.84. The molecule has 27 heavy (non-hydrogen) atoms. The fraction of sp³-hybridized carbons (Fsp3) is 0.588. The number of rotatable bonds is 6. The Kier molecular flexibility index (Phi) is 6.42. The van der Waals surface area contributed by atoms with Crippen LogP contribution >= 0.6 is 0 Å². The van der Waals surface area contributed by atoms with E-state index in [1.54, 1.807) is 21.1 Å². The summed E-state index contributed by atoms with van der Waals surface area (Å²) in [5.74, 6) is 0.252. The summed E-state index contributed by atoms with van der Waals surface area (Å²) < 4.78 is 27.1. The highest BCUT2D eigenvalue weighted by atomic mass is 32.2. The van der Waals surface area contributed by atoms with E-state index in [1.165, 1.54) is 26.2 Å². The second-order valence-corrected chi connectivity index (χ2v) is 9.08. The van der Waals surface area contributed by atoms with Crippen molar-refractivity contribution in [2.24, 2.45) is 5.92 Å². The van der Waals surface area contributed by atoms with Crippen molar-refractivity contribution in [2.45, 2.75) is 24.7 Å². The molecule has 0 unspecified atom stereocenters. The van der Waals surface area contributed by atoms with Crippen LogP contribution in [0.15, 0.2) is 23.1 Å². The Morgan fingerprint density at radius 2 is 1.85 bits per heavy atom. The van der Waals surface area contributed by atoms with Gasteiger partial charge < -0.3 is 9.80 Å². The number of nitrogens with zero attached hydrogens (tertiary/aromatic N) is 4. The Labute approximate surface area is 159 Å². The second kappa shape index (κ2) is 8.22. The van der Waals surface area contributed by atoms with Gasteiger partial charge in [0.2, 0.25) is 15.9 Å². The molecule has 0 bridgehead atoms. The molecule has 0 aromatic heterocycles. The van der Waals surface area contributed by atoms with Gasteiger partial charge in [0.15, 0.2) is 0 Å². The van der Waals surface area contributed by atoms with E-state index >= 15 is 0 Å². The van der Waals surface area contributed by atoms with Crippen LogP contribution in [-0.2, 0) is 14.8 Å². The third-order valence-corrected chi connectivity index (χ3v) is 6.70. The van der Waals surface area contributed by atoms with Crippen LogP contribution in [0, 0.1) is 16.0 Å². The molecule has 0 N–H and O–H groups in total. The average Bonchev–Trinajstić information content (AvgIpc) is 2.61. The standard InChI is InChI=1S/C17H26N4O5S/c1-13-7-9-20(10-8-13)27(25,26)14-5-6-15(16(11-14)21(23)24)19(4)12-17(22)18(2)3/h5-6,11,13H,7-10,12H2,1-4H3. The van der Waals surface area contributed by atoms with Gasteiger partial charge in [-0.1, -0.05) is 6.92 Å². The number of carbonyl (C=O) groups excluding carboxylic acids is 1. The van der Waals surface area contributed by atoms with E-state index < -0.39 is 14.9 Å². The summed E-state index contributed by atoms with van der Waals surface area (Å²) in [6.07, 6.45) is 1.55. The molecule has 0 aliphatic carbocycles. The first-order valence-electron chi connectivity index (χ1n) is 8.74. The summed E-state index contributed by atoms with van der Waals surface area (Å²) in [5.41, 5.74) is -0.142. The van der Waals surface area contributed by atoms with Crippen molar-refractivity contribution in [3.05, 3.63) is 28.3 Å². The molecule has 1 aliphatic rings. The molecule has 1 aromatic rings. The van der Waals surface area contributed by atoms with E-state index in [4.69, 9.17) is 0 Å². The molecule has 1 aliphatic heterocycles. The van der Waals surface area contributed by atoms with E-state index in [0.717, 1.165) is 18.9 Å². The Morgan fingerprint density at radius 1 is 1.26 bits per heavy atom. The number of likely N-dealkylation sites (N-methyl/N-ethyl adjacent to an activating group) is 2. The first-order valence-corrected chi connectivity index (χ1v) is 10.2. The predicted octanol–water partition coefficient (Wildman–Crippen LogP) is 1.54. The van der Waals surface area contributed by atoms with Gasteiger partial charge in [-0.25, -0.2) is 8.42 Å². The highest BCUT2D eigenvalue weighted by molar-refractivity contribution is 7.89. The highest BCUT2D eigenvalue weighted by Gasteiger charge is 2.30. The Balaban J connectivity index is 2.34. The third-order valence-electron chi connectivity index (χ3n) is 4.81. The quantitative estimate of drug-likeness (QED) is 0.532. The molecule has 1 fully saturated rings. The maximum Gasteiger partial charge on any atom is 0.293 e. The molecule has 0 atom stereocenters. The molecule has 0 spiro atoms. The van der Waals surface area contributed by atoms with Crippen molar-refractivity contribution in [2.75, 3.05) is 45.7 Å². The van der Waals surface area contributed by atoms with E-state index in [0.29, 0.717) is 19.0 Å². The van der Waals surface area contributed by atoms with Gasteiger partial charge in [0.25, 0.3) is 5.69 Å². The van der Waals surface area contributed by atoms with E-state index in [2.05, 4.69) is 6.92 Å². The lowest BCUT2D eigenvalue weighted by molar-refractivity contribution is -0.384. The molecular formula is C17H26N4O5S. The van der Waals surface area contributed by atoms with E-state index in [9.17, 15) is 23.3 Å². The molecule has 9 nitrogen and oxygen atoms in total. The van der Waals surface area contributed by atoms with Crippen LogP contribution in [0.3, 0.4) is 0 Å². The van der Waals surface area contributed by atoms with Crippen LogP contribution < -0.4 is 4.90 Å². The molecular weight excluding hydrogens is 372 g/mol. The Morgan fingerprint density at radius 3 is 2.37 bits per heavy atom. The number of hydrogen-bond acceptors (Lipinski definition) is 6. The number of nitro benzene ring substituents is 1. The van der Waals surface area contributed by atoms with E-state index in [1.807, 2.05) is 0 Å². The summed E-state index contributed by atoms with van der Waals surface area (Å²) >= 11 is 0. The lowest BCUT2D eigenvalue weighted by Gasteiger charge is -2.29. The van der Waals surface area contributed by atoms with E-state index in [-0.39, 0.29) is 28.7 Å². The van der Waals surface area contributed by atoms with Crippen molar-refractivity contribution >= 4 is 27.3 Å². The molecule has 0 saturated carbocycles. The first kappa shape index (κ1) is 21.1. The first-order chi connectivity index (χ1) is 12.5. The number of piperidine rings is 1. The third kappa shape index (κ3) is 4.75. The number of amides is 1. The lowest BCUT2D eigenvalue weighted by atomic mass is 10.0. The maximum absolute atomic E-state index is 12.8. The van der Waals surface area contributed by atoms with Crippen LogP contribution in [-0.4, -0.2) is 69.2 Å². The van der Waals surface area contributed by atoms with Crippen LogP contribution in [0.4, 0.5) is 11.4 Å². The number of hydrogen-bond donors (Lipinski definition) is 0. The maximum atomic E-state index is 12.8. The lowest BCUT2D eigenvalue weighted by Crippen LogP contribution is -2.38. The number of carbonyl (C=O) groups is 1. The zero-order valence-corrected chi connectivity index (χ0v) is 16.9. The molecule has 10 heteroatoms. The zero-order chi connectivity index (χ0) is 20.4. The summed E-state index contributed by atoms with van der Waals surface area (Å²) in [4.78, 5) is 25.5. The van der Waals surface area contributed by atoms with Crippen LogP contribution in [0.2, 0.25) is 0 Å². The van der Waals surface area contributed by atoms with Crippen LogP contribution in [0.25, 0.3) is 0 Å². The highest BCUT2D eigenvalue weighted by Crippen LogP contribution is 2.32. The molecule has 1 amide bonds. The fourth-order valence-corrected chi connectivity index (χ4v) is 4.43. The molecule has 0 radical (unpaired) electrons. The monoisotopic (exact) mass is 398 g/mol. The molecule has 1 saturated heterocycles. The van der Waals surface area contributed by atoms with Crippen LogP contribution in [0.5, 0.6) is 0 Å². The van der Waals surface area contributed by atoms with Gasteiger partial charge in [-0.05, 0) is 30.9 Å². The second-order valence-electron chi connectivity index (χ2n) is 7.14. The van der Waals surface area contributed by atoms with Gasteiger partial charge in [-0.3, -0.25) is 14.9 Å². The van der Waals surface area contributed by atoms with Gasteiger partial charge in [-0.15, -0.1) is 0 Å². The number of nitro groups is 1. The van der Waals surface area contributed by atoms with Crippen LogP contribution in [0.1, 0.15) is 19.8 Å². The summed E-state index contributed by atoms with van der Waals surface area (Å²) in [5, 5.41) is 11.5. The number of benzene rings is 1. The Bertz CT molecular complexity index is 817. The van der Waals surface area contributed by atoms with Gasteiger partial charge in [0, 0.05) is 40.3 Å². The van der Waals surface area contributed by atoms with Crippen molar-refractivity contribution < 1.29 is 18.1 Å². The topological polar surface area (TPSA) is 104 Å². The number of sulfonamides is 1. The molecule has 150 valence electrons. The normalized spacial score (nSPS) is 16.1. The Hall–Kier alpha value is -2.20. The number of anilines is 1. The van der Waals surface area contributed by atoms with Crippen molar-refractivity contribution in [1.29, 1.82) is 0 Å². The molecule has 1 heterocycles. The summed E-state index contributed by atoms with van der Waals surface area (Å²) in [7, 11) is 0.968. The minimum Gasteiger partial charge on any atom is -0.360 e. The summed E-state index contributed by atoms with van der Waals surface area (Å²) in [6.45, 7) is 2.85. The SMILES string of the molecule is CC1CCN(S(=O)(=O)c2ccc(N(C)CC(=O)N(C)C)c([N+](=O)[O-])c2)CC1. The smallest absolute Gasteiger partial charge is 0.293 e.